The van der Waals surface area contributed by atoms with Gasteiger partial charge in [-0.1, -0.05) is 17.7 Å². The maximum absolute atomic E-state index is 5.99. The minimum Gasteiger partial charge on any atom is -0.496 e. The molecule has 0 aliphatic rings. The van der Waals surface area contributed by atoms with Crippen molar-refractivity contribution in [1.29, 1.82) is 0 Å². The molecule has 0 amide bonds. The largest absolute Gasteiger partial charge is 0.496 e. The van der Waals surface area contributed by atoms with E-state index < -0.39 is 0 Å². The second-order valence-electron chi connectivity index (χ2n) is 4.57. The number of ether oxygens (including phenoxy) is 2. The Morgan fingerprint density at radius 3 is 2.32 bits per heavy atom. The van der Waals surface area contributed by atoms with Gasteiger partial charge in [0.25, 0.3) is 0 Å². The van der Waals surface area contributed by atoms with Crippen molar-refractivity contribution in [3.63, 3.8) is 0 Å². The van der Waals surface area contributed by atoms with Gasteiger partial charge in [0.2, 0.25) is 0 Å². The van der Waals surface area contributed by atoms with Crippen molar-refractivity contribution in [1.82, 2.24) is 0 Å². The highest BCUT2D eigenvalue weighted by molar-refractivity contribution is 6.30. The molecule has 0 aromatic heterocycles. The molecule has 0 atom stereocenters. The number of benzene rings is 2. The van der Waals surface area contributed by atoms with Crippen LogP contribution in [0.2, 0.25) is 5.02 Å². The molecule has 2 nitrogen and oxygen atoms in total. The summed E-state index contributed by atoms with van der Waals surface area (Å²) in [6.07, 6.45) is 0. The summed E-state index contributed by atoms with van der Waals surface area (Å²) in [6, 6.07) is 11.7. The molecule has 0 N–H and O–H groups in total. The van der Waals surface area contributed by atoms with Crippen molar-refractivity contribution in [3.05, 3.63) is 58.1 Å². The Bertz CT molecular complexity index is 559. The van der Waals surface area contributed by atoms with Gasteiger partial charge in [0.1, 0.15) is 18.1 Å². The molecule has 0 saturated heterocycles. The fourth-order valence-corrected chi connectivity index (χ4v) is 2.23. The summed E-state index contributed by atoms with van der Waals surface area (Å²) >= 11 is 5.99. The zero-order chi connectivity index (χ0) is 13.8. The summed E-state index contributed by atoms with van der Waals surface area (Å²) in [5.74, 6) is 1.65. The van der Waals surface area contributed by atoms with Crippen molar-refractivity contribution in [3.8, 4) is 11.5 Å². The lowest BCUT2D eigenvalue weighted by molar-refractivity contribution is 0.296. The zero-order valence-electron chi connectivity index (χ0n) is 11.4. The Labute approximate surface area is 118 Å². The van der Waals surface area contributed by atoms with Crippen LogP contribution in [0.3, 0.4) is 0 Å². The van der Waals surface area contributed by atoms with Gasteiger partial charge in [0, 0.05) is 10.6 Å². The number of rotatable bonds is 4. The Balaban J connectivity index is 2.16. The molecule has 0 radical (unpaired) electrons. The monoisotopic (exact) mass is 276 g/mol. The Hall–Kier alpha value is -1.67. The van der Waals surface area contributed by atoms with Gasteiger partial charge in [-0.15, -0.1) is 0 Å². The van der Waals surface area contributed by atoms with Gasteiger partial charge < -0.3 is 9.47 Å². The third-order valence-electron chi connectivity index (χ3n) is 2.83. The first-order chi connectivity index (χ1) is 9.08. The SMILES string of the molecule is COc1ccc(Cl)cc1COc1cc(C)cc(C)c1. The molecule has 0 spiro atoms. The molecule has 0 saturated carbocycles. The lowest BCUT2D eigenvalue weighted by atomic mass is 10.1. The smallest absolute Gasteiger partial charge is 0.125 e. The second kappa shape index (κ2) is 5.98. The van der Waals surface area contributed by atoms with E-state index in [1.165, 1.54) is 11.1 Å². The lowest BCUT2D eigenvalue weighted by Crippen LogP contribution is -1.99. The molecule has 0 aliphatic carbocycles. The van der Waals surface area contributed by atoms with E-state index in [0.717, 1.165) is 17.1 Å². The first-order valence-electron chi connectivity index (χ1n) is 6.12. The van der Waals surface area contributed by atoms with Crippen LogP contribution in [0.5, 0.6) is 11.5 Å². The van der Waals surface area contributed by atoms with Crippen molar-refractivity contribution in [2.45, 2.75) is 20.5 Å². The Morgan fingerprint density at radius 1 is 1.00 bits per heavy atom. The van der Waals surface area contributed by atoms with Crippen molar-refractivity contribution < 1.29 is 9.47 Å². The topological polar surface area (TPSA) is 18.5 Å². The van der Waals surface area contributed by atoms with Crippen LogP contribution in [0.25, 0.3) is 0 Å². The van der Waals surface area contributed by atoms with E-state index in [0.29, 0.717) is 11.6 Å². The predicted molar refractivity (Wildman–Crippen MR) is 78.3 cm³/mol. The fourth-order valence-electron chi connectivity index (χ4n) is 2.04. The number of hydrogen-bond acceptors (Lipinski definition) is 2. The van der Waals surface area contributed by atoms with Crippen LogP contribution in [0, 0.1) is 13.8 Å². The van der Waals surface area contributed by atoms with Crippen LogP contribution in [-0.2, 0) is 6.61 Å². The molecule has 100 valence electrons. The van der Waals surface area contributed by atoms with Crippen LogP contribution in [0.4, 0.5) is 0 Å². The maximum atomic E-state index is 5.99. The molecule has 2 aromatic carbocycles. The molecule has 0 heterocycles. The summed E-state index contributed by atoms with van der Waals surface area (Å²) < 4.78 is 11.1. The minimum atomic E-state index is 0.437. The summed E-state index contributed by atoms with van der Waals surface area (Å²) in [5, 5.41) is 0.680. The van der Waals surface area contributed by atoms with Crippen LogP contribution in [-0.4, -0.2) is 7.11 Å². The lowest BCUT2D eigenvalue weighted by Gasteiger charge is -2.11. The van der Waals surface area contributed by atoms with Gasteiger partial charge in [0.15, 0.2) is 0 Å². The number of aryl methyl sites for hydroxylation is 2. The van der Waals surface area contributed by atoms with Gasteiger partial charge in [-0.3, -0.25) is 0 Å². The first kappa shape index (κ1) is 13.8. The highest BCUT2D eigenvalue weighted by Gasteiger charge is 2.05. The third-order valence-corrected chi connectivity index (χ3v) is 3.07. The summed E-state index contributed by atoms with van der Waals surface area (Å²) in [7, 11) is 1.64. The molecule has 19 heavy (non-hydrogen) atoms. The van der Waals surface area contributed by atoms with Gasteiger partial charge in [-0.05, 0) is 55.3 Å². The molecular formula is C16H17ClO2. The van der Waals surface area contributed by atoms with E-state index in [1.807, 2.05) is 24.3 Å². The fraction of sp³-hybridized carbons (Fsp3) is 0.250. The second-order valence-corrected chi connectivity index (χ2v) is 5.00. The van der Waals surface area contributed by atoms with Crippen molar-refractivity contribution in [2.75, 3.05) is 7.11 Å². The standard InChI is InChI=1S/C16H17ClO2/c1-11-6-12(2)8-15(7-11)19-10-13-9-14(17)4-5-16(13)18-3/h4-9H,10H2,1-3H3. The molecular weight excluding hydrogens is 260 g/mol. The summed E-state index contributed by atoms with van der Waals surface area (Å²) in [5.41, 5.74) is 3.32. The number of halogens is 1. The van der Waals surface area contributed by atoms with Gasteiger partial charge in [0.05, 0.1) is 7.11 Å². The highest BCUT2D eigenvalue weighted by atomic mass is 35.5. The van der Waals surface area contributed by atoms with Gasteiger partial charge >= 0.3 is 0 Å². The summed E-state index contributed by atoms with van der Waals surface area (Å²) in [4.78, 5) is 0. The first-order valence-corrected chi connectivity index (χ1v) is 6.50. The molecule has 0 bridgehead atoms. The van der Waals surface area contributed by atoms with E-state index >= 15 is 0 Å². The normalized spacial score (nSPS) is 10.3. The molecule has 0 aliphatic heterocycles. The van der Waals surface area contributed by atoms with Crippen LogP contribution in [0.15, 0.2) is 36.4 Å². The van der Waals surface area contributed by atoms with Gasteiger partial charge in [-0.2, -0.15) is 0 Å². The predicted octanol–water partition coefficient (Wildman–Crippen LogP) is 4.54. The van der Waals surface area contributed by atoms with Crippen LogP contribution < -0.4 is 9.47 Å². The maximum Gasteiger partial charge on any atom is 0.125 e. The van der Waals surface area contributed by atoms with Crippen molar-refractivity contribution in [2.24, 2.45) is 0 Å². The molecule has 2 aromatic rings. The average Bonchev–Trinajstić information content (AvgIpc) is 2.35. The quantitative estimate of drug-likeness (QED) is 0.816. The number of hydrogen-bond donors (Lipinski definition) is 0. The highest BCUT2D eigenvalue weighted by Crippen LogP contribution is 2.25. The van der Waals surface area contributed by atoms with E-state index in [1.54, 1.807) is 13.2 Å². The van der Waals surface area contributed by atoms with E-state index in [2.05, 4.69) is 19.9 Å². The zero-order valence-corrected chi connectivity index (χ0v) is 12.1. The van der Waals surface area contributed by atoms with E-state index in [4.69, 9.17) is 21.1 Å². The molecule has 2 rings (SSSR count). The van der Waals surface area contributed by atoms with Gasteiger partial charge in [-0.25, -0.2) is 0 Å². The molecule has 0 fully saturated rings. The van der Waals surface area contributed by atoms with Crippen LogP contribution in [0.1, 0.15) is 16.7 Å². The Kier molecular flexibility index (Phi) is 4.33. The average molecular weight is 277 g/mol. The van der Waals surface area contributed by atoms with Crippen LogP contribution >= 0.6 is 11.6 Å². The minimum absolute atomic E-state index is 0.437. The van der Waals surface area contributed by atoms with E-state index in [9.17, 15) is 0 Å². The number of methoxy groups -OCH3 is 1. The summed E-state index contributed by atoms with van der Waals surface area (Å²) in [6.45, 7) is 4.55. The molecule has 3 heteroatoms. The molecule has 0 unspecified atom stereocenters. The van der Waals surface area contributed by atoms with Crippen molar-refractivity contribution >= 4 is 11.6 Å². The Morgan fingerprint density at radius 2 is 1.68 bits per heavy atom. The van der Waals surface area contributed by atoms with E-state index in [-0.39, 0.29) is 0 Å². The third kappa shape index (κ3) is 3.65.